The fourth-order valence-electron chi connectivity index (χ4n) is 17.8. The first-order valence-electron chi connectivity index (χ1n) is 33.3. The summed E-state index contributed by atoms with van der Waals surface area (Å²) in [5.74, 6) is -1.29. The van der Waals surface area contributed by atoms with Crippen LogP contribution in [-0.4, -0.2) is 41.0 Å². The summed E-state index contributed by atoms with van der Waals surface area (Å²) in [5.41, 5.74) is 3.72. The number of ether oxygens (including phenoxy) is 1. The number of Topliss-reactive ketones (excluding diaryl/α,β-unsaturated/α-hetero) is 5. The lowest BCUT2D eigenvalue weighted by Gasteiger charge is -2.76. The topological polar surface area (TPSA) is 112 Å². The highest BCUT2D eigenvalue weighted by molar-refractivity contribution is 5.99. The van der Waals surface area contributed by atoms with E-state index >= 15 is 14.4 Å². The van der Waals surface area contributed by atoms with E-state index in [1.807, 2.05) is 78.9 Å². The predicted octanol–water partition coefficient (Wildman–Crippen LogP) is 19.5. The van der Waals surface area contributed by atoms with E-state index in [-0.39, 0.29) is 90.1 Å². The van der Waals surface area contributed by atoms with Gasteiger partial charge in [-0.05, 0) is 161 Å². The summed E-state index contributed by atoms with van der Waals surface area (Å²) in [6.07, 6.45) is 16.8. The van der Waals surface area contributed by atoms with Crippen molar-refractivity contribution in [3.05, 3.63) is 143 Å². The third-order valence-corrected chi connectivity index (χ3v) is 23.1. The maximum Gasteiger partial charge on any atom is 0.306 e. The Balaban J connectivity index is 1.23. The van der Waals surface area contributed by atoms with Gasteiger partial charge in [0.2, 0.25) is 0 Å². The zero-order valence-corrected chi connectivity index (χ0v) is 54.8. The van der Waals surface area contributed by atoms with Gasteiger partial charge in [0.05, 0.1) is 0 Å². The van der Waals surface area contributed by atoms with Gasteiger partial charge in [0, 0.05) is 60.5 Å². The van der Waals surface area contributed by atoms with E-state index in [1.54, 1.807) is 19.1 Å². The molecule has 7 heteroatoms. The first-order valence-corrected chi connectivity index (χ1v) is 33.3. The predicted molar refractivity (Wildman–Crippen MR) is 347 cm³/mol. The molecule has 2 bridgehead atoms. The van der Waals surface area contributed by atoms with Crippen molar-refractivity contribution in [2.45, 2.75) is 230 Å². The van der Waals surface area contributed by atoms with Crippen molar-refractivity contribution in [1.29, 1.82) is 0 Å². The maximum absolute atomic E-state index is 16.6. The molecule has 0 aromatic heterocycles. The minimum absolute atomic E-state index is 0.00821. The second-order valence-electron chi connectivity index (χ2n) is 29.2. The number of carbonyl (C=O) groups is 6. The Morgan fingerprint density at radius 1 is 0.718 bits per heavy atom. The molecule has 3 aromatic carbocycles. The fourth-order valence-corrected chi connectivity index (χ4v) is 17.8. The smallest absolute Gasteiger partial charge is 0.306 e. The Morgan fingerprint density at radius 2 is 1.31 bits per heavy atom. The highest BCUT2D eigenvalue weighted by Crippen LogP contribution is 2.80. The average molecular weight is 1160 g/mol. The van der Waals surface area contributed by atoms with Crippen LogP contribution in [0.3, 0.4) is 0 Å². The number of hydrogen-bond donors (Lipinski definition) is 0. The van der Waals surface area contributed by atoms with Crippen molar-refractivity contribution in [2.75, 3.05) is 0 Å². The van der Waals surface area contributed by atoms with Gasteiger partial charge in [0.1, 0.15) is 11.6 Å². The zero-order valence-electron chi connectivity index (χ0n) is 54.8. The maximum atomic E-state index is 16.6. The molecule has 7 rings (SSSR count). The molecular weight excluding hydrogens is 1050 g/mol. The van der Waals surface area contributed by atoms with Crippen LogP contribution in [0.4, 0.5) is 0 Å². The molecule has 0 spiro atoms. The summed E-state index contributed by atoms with van der Waals surface area (Å²) in [5, 5.41) is 0. The summed E-state index contributed by atoms with van der Waals surface area (Å²) in [6.45, 7) is 33.1. The van der Waals surface area contributed by atoms with Crippen LogP contribution in [0.15, 0.2) is 126 Å². The number of allylic oxidation sites excluding steroid dienone is 5. The quantitative estimate of drug-likeness (QED) is 0.0273. The number of rotatable bonds is 31. The molecule has 3 fully saturated rings. The van der Waals surface area contributed by atoms with Crippen molar-refractivity contribution >= 4 is 34.9 Å². The highest BCUT2D eigenvalue weighted by atomic mass is 16.5. The summed E-state index contributed by atoms with van der Waals surface area (Å²) in [6, 6.07) is 28.2. The van der Waals surface area contributed by atoms with Gasteiger partial charge in [0.15, 0.2) is 23.5 Å². The molecule has 85 heavy (non-hydrogen) atoms. The van der Waals surface area contributed by atoms with Crippen LogP contribution >= 0.6 is 0 Å². The Hall–Kier alpha value is -5.30. The molecule has 0 amide bonds. The number of carbonyl (C=O) groups excluding carboxylic acids is 6. The summed E-state index contributed by atoms with van der Waals surface area (Å²) < 4.78 is 6.62. The van der Waals surface area contributed by atoms with Gasteiger partial charge < -0.3 is 4.74 Å². The Morgan fingerprint density at radius 3 is 1.87 bits per heavy atom. The molecule has 0 radical (unpaired) electrons. The van der Waals surface area contributed by atoms with Crippen LogP contribution in [0.2, 0.25) is 0 Å². The van der Waals surface area contributed by atoms with Gasteiger partial charge in [-0.1, -0.05) is 214 Å². The van der Waals surface area contributed by atoms with Crippen LogP contribution < -0.4 is 0 Å². The van der Waals surface area contributed by atoms with Crippen LogP contribution in [-0.2, 0) is 23.9 Å². The second-order valence-corrected chi connectivity index (χ2v) is 29.2. The van der Waals surface area contributed by atoms with Crippen LogP contribution in [0, 0.1) is 74.9 Å². The molecule has 3 aromatic rings. The lowest BCUT2D eigenvalue weighted by molar-refractivity contribution is -0.264. The minimum Gasteiger partial charge on any atom is -0.454 e. The molecule has 4 aliphatic carbocycles. The third kappa shape index (κ3) is 14.8. The minimum atomic E-state index is -1.28. The van der Waals surface area contributed by atoms with Crippen molar-refractivity contribution in [1.82, 2.24) is 0 Å². The number of benzene rings is 3. The molecule has 4 aliphatic rings. The molecule has 462 valence electrons. The number of ketones is 5. The summed E-state index contributed by atoms with van der Waals surface area (Å²) in [7, 11) is 0. The molecule has 4 unspecified atom stereocenters. The molecule has 3 saturated carbocycles. The second kappa shape index (κ2) is 29.1. The molecule has 0 aliphatic heterocycles. The first-order chi connectivity index (χ1) is 40.3. The van der Waals surface area contributed by atoms with Crippen LogP contribution in [0.5, 0.6) is 0 Å². The van der Waals surface area contributed by atoms with Crippen molar-refractivity contribution in [2.24, 2.45) is 74.9 Å². The molecular formula is C78H108O7. The number of esters is 1. The summed E-state index contributed by atoms with van der Waals surface area (Å²) >= 11 is 0. The number of unbranched alkanes of at least 4 members (excludes halogenated alkanes) is 1. The van der Waals surface area contributed by atoms with Gasteiger partial charge in [0.25, 0.3) is 0 Å². The number of hydrogen-bond acceptors (Lipinski definition) is 7. The molecule has 0 heterocycles. The van der Waals surface area contributed by atoms with E-state index in [0.29, 0.717) is 35.8 Å². The van der Waals surface area contributed by atoms with Crippen molar-refractivity contribution < 1.29 is 33.5 Å². The average Bonchev–Trinajstić information content (AvgIpc) is 0.684. The van der Waals surface area contributed by atoms with Gasteiger partial charge in [-0.2, -0.15) is 0 Å². The SMILES string of the molecule is C=C(C)C[C@@]12CC[C@@H]1C[C@H](C)[C@@]1(C)C(=O)[C@H](CC(C)=O)C3=C(C)C(CC(=O)C(OC(=O)CCC(C)CCCCC(C)CC/C=C(\C)CCCC(C)C)[C@@H](CC(=O)c4ccccc4)c4ccccc4)C[C@@](C)([C@@H](CC(=O)c4ccccc4)[C@]21C)[C@H]3C. The van der Waals surface area contributed by atoms with Gasteiger partial charge in [-0.3, -0.25) is 28.8 Å². The van der Waals surface area contributed by atoms with E-state index in [1.165, 1.54) is 37.7 Å². The van der Waals surface area contributed by atoms with E-state index in [4.69, 9.17) is 4.74 Å². The van der Waals surface area contributed by atoms with E-state index in [9.17, 15) is 14.4 Å². The van der Waals surface area contributed by atoms with Crippen LogP contribution in [0.1, 0.15) is 251 Å². The van der Waals surface area contributed by atoms with Gasteiger partial charge >= 0.3 is 5.97 Å². The molecule has 0 saturated heterocycles. The van der Waals surface area contributed by atoms with Crippen molar-refractivity contribution in [3.63, 3.8) is 0 Å². The normalized spacial score (nSPS) is 28.8. The molecule has 0 N–H and O–H groups in total. The van der Waals surface area contributed by atoms with Crippen LogP contribution in [0.25, 0.3) is 0 Å². The lowest BCUT2D eigenvalue weighted by Crippen LogP contribution is -2.73. The summed E-state index contributed by atoms with van der Waals surface area (Å²) in [4.78, 5) is 90.7. The highest BCUT2D eigenvalue weighted by Gasteiger charge is 2.76. The molecule has 14 atom stereocenters. The molecule has 7 nitrogen and oxygen atoms in total. The van der Waals surface area contributed by atoms with E-state index in [2.05, 4.69) is 95.7 Å². The van der Waals surface area contributed by atoms with E-state index < -0.39 is 46.1 Å². The zero-order chi connectivity index (χ0) is 62.0. The van der Waals surface area contributed by atoms with Gasteiger partial charge in [-0.25, -0.2) is 0 Å². The number of fused-ring (bicyclic) bond motifs is 5. The first kappa shape index (κ1) is 67.2. The van der Waals surface area contributed by atoms with E-state index in [0.717, 1.165) is 79.6 Å². The van der Waals surface area contributed by atoms with Crippen molar-refractivity contribution in [3.8, 4) is 0 Å². The largest absolute Gasteiger partial charge is 0.454 e. The monoisotopic (exact) mass is 1160 g/mol. The Kier molecular flexibility index (Phi) is 23.0. The third-order valence-electron chi connectivity index (χ3n) is 23.1. The lowest BCUT2D eigenvalue weighted by atomic mass is 9.27. The Bertz CT molecular complexity index is 2880. The standard InChI is InChI=1S/C78H108O7/c1-51(2)28-26-31-54(6)33-27-32-53(5)29-24-25-30-55(7)40-41-71(83)85-73(65(60-34-18-15-19-35-60)47-67(80)61-36-20-16-21-37-61)69(82)46-63-50-75(12)59(11)72(58(63)10)66(45-57(9)79)74(84)76(13)56(8)44-64-42-43-78(64,49-52(3)4)77(76,14)70(75)48-68(81)62-38-22-17-23-39-62/h15-23,33-39,51,53,55-56,59,63-66,70,73H,3,24-32,40-50H2,1-2,4-14H3/b54-33+/t53?,55?,56-,59-,63?,64+,65-,66+,70+,73?,75+,76-,77-,78-/m0/s1. The Labute approximate surface area is 513 Å². The van der Waals surface area contributed by atoms with Gasteiger partial charge in [-0.15, -0.1) is 6.58 Å². The fraction of sp³-hybridized carbons (Fsp3) is 0.615.